The van der Waals surface area contributed by atoms with Crippen molar-refractivity contribution in [1.29, 1.82) is 0 Å². The summed E-state index contributed by atoms with van der Waals surface area (Å²) >= 11 is 0. The summed E-state index contributed by atoms with van der Waals surface area (Å²) in [6, 6.07) is 18.0. The third-order valence-electron chi connectivity index (χ3n) is 4.63. The largest absolute Gasteiger partial charge is 0.497 e. The SMILES string of the molecule is COc1ccc(-n2ncc3c2C[C@@H](c2ccccc2)CC3=O)cc1. The van der Waals surface area contributed by atoms with Crippen LogP contribution in [-0.4, -0.2) is 22.7 Å². The second-order valence-electron chi connectivity index (χ2n) is 6.05. The molecule has 4 heteroatoms. The molecule has 0 spiro atoms. The molecule has 1 aromatic heterocycles. The third-order valence-corrected chi connectivity index (χ3v) is 4.63. The van der Waals surface area contributed by atoms with E-state index in [4.69, 9.17) is 4.74 Å². The minimum atomic E-state index is 0.171. The molecule has 3 aromatic rings. The maximum Gasteiger partial charge on any atom is 0.166 e. The summed E-state index contributed by atoms with van der Waals surface area (Å²) in [5.74, 6) is 1.18. The molecule has 0 unspecified atom stereocenters. The van der Waals surface area contributed by atoms with Gasteiger partial charge in [0, 0.05) is 6.42 Å². The second-order valence-corrected chi connectivity index (χ2v) is 6.05. The van der Waals surface area contributed by atoms with Gasteiger partial charge < -0.3 is 4.74 Å². The molecule has 1 aliphatic carbocycles. The van der Waals surface area contributed by atoms with Gasteiger partial charge in [0.25, 0.3) is 0 Å². The summed E-state index contributed by atoms with van der Waals surface area (Å²) in [4.78, 5) is 12.5. The zero-order chi connectivity index (χ0) is 16.5. The number of ether oxygens (including phenoxy) is 1. The summed E-state index contributed by atoms with van der Waals surface area (Å²) in [5, 5.41) is 4.46. The standard InChI is InChI=1S/C20H18N2O2/c1-24-17-9-7-16(8-10-17)22-19-11-15(14-5-3-2-4-6-14)12-20(23)18(19)13-21-22/h2-10,13,15H,11-12H2,1H3/t15-/m1/s1. The Hall–Kier alpha value is -2.88. The van der Waals surface area contributed by atoms with Gasteiger partial charge in [0.1, 0.15) is 5.75 Å². The number of nitrogens with zero attached hydrogens (tertiary/aromatic N) is 2. The van der Waals surface area contributed by atoms with Gasteiger partial charge >= 0.3 is 0 Å². The van der Waals surface area contributed by atoms with Crippen molar-refractivity contribution in [2.24, 2.45) is 0 Å². The fourth-order valence-electron chi connectivity index (χ4n) is 3.35. The van der Waals surface area contributed by atoms with E-state index in [1.165, 1.54) is 5.56 Å². The van der Waals surface area contributed by atoms with Gasteiger partial charge in [-0.15, -0.1) is 0 Å². The van der Waals surface area contributed by atoms with Crippen molar-refractivity contribution < 1.29 is 9.53 Å². The lowest BCUT2D eigenvalue weighted by molar-refractivity contribution is 0.0963. The van der Waals surface area contributed by atoms with Crippen LogP contribution >= 0.6 is 0 Å². The van der Waals surface area contributed by atoms with Crippen molar-refractivity contribution in [3.8, 4) is 11.4 Å². The zero-order valence-electron chi connectivity index (χ0n) is 13.5. The fraction of sp³-hybridized carbons (Fsp3) is 0.200. The molecule has 120 valence electrons. The highest BCUT2D eigenvalue weighted by atomic mass is 16.5. The average molecular weight is 318 g/mol. The van der Waals surface area contributed by atoms with Gasteiger partial charge in [0.2, 0.25) is 0 Å². The van der Waals surface area contributed by atoms with Crippen molar-refractivity contribution in [2.45, 2.75) is 18.8 Å². The number of rotatable bonds is 3. The Labute approximate surface area is 140 Å². The highest BCUT2D eigenvalue weighted by Crippen LogP contribution is 2.33. The van der Waals surface area contributed by atoms with Crippen LogP contribution in [0, 0.1) is 0 Å². The Balaban J connectivity index is 1.72. The molecule has 4 nitrogen and oxygen atoms in total. The number of fused-ring (bicyclic) bond motifs is 1. The van der Waals surface area contributed by atoms with Gasteiger partial charge in [-0.25, -0.2) is 4.68 Å². The number of hydrogen-bond acceptors (Lipinski definition) is 3. The van der Waals surface area contributed by atoms with Crippen LogP contribution in [0.5, 0.6) is 5.75 Å². The molecule has 2 aromatic carbocycles. The molecule has 0 saturated carbocycles. The smallest absolute Gasteiger partial charge is 0.166 e. The number of benzene rings is 2. The minimum Gasteiger partial charge on any atom is -0.497 e. The van der Waals surface area contributed by atoms with E-state index in [1.807, 2.05) is 47.1 Å². The summed E-state index contributed by atoms with van der Waals surface area (Å²) in [6.45, 7) is 0. The number of hydrogen-bond donors (Lipinski definition) is 0. The summed E-state index contributed by atoms with van der Waals surface area (Å²) in [6.07, 6.45) is 3.06. The summed E-state index contributed by atoms with van der Waals surface area (Å²) < 4.78 is 7.08. The summed E-state index contributed by atoms with van der Waals surface area (Å²) in [5.41, 5.74) is 3.89. The van der Waals surface area contributed by atoms with Crippen LogP contribution in [0.15, 0.2) is 60.8 Å². The molecule has 1 atom stereocenters. The Morgan fingerprint density at radius 2 is 1.79 bits per heavy atom. The lowest BCUT2D eigenvalue weighted by Gasteiger charge is -2.23. The van der Waals surface area contributed by atoms with E-state index in [2.05, 4.69) is 17.2 Å². The molecule has 0 saturated heterocycles. The maximum atomic E-state index is 12.5. The van der Waals surface area contributed by atoms with Gasteiger partial charge in [0.15, 0.2) is 5.78 Å². The van der Waals surface area contributed by atoms with E-state index < -0.39 is 0 Å². The molecule has 4 rings (SSSR count). The topological polar surface area (TPSA) is 44.1 Å². The first kappa shape index (κ1) is 14.7. The van der Waals surface area contributed by atoms with E-state index >= 15 is 0 Å². The number of methoxy groups -OCH3 is 1. The van der Waals surface area contributed by atoms with Crippen LogP contribution in [-0.2, 0) is 6.42 Å². The first-order valence-electron chi connectivity index (χ1n) is 8.05. The van der Waals surface area contributed by atoms with Crippen molar-refractivity contribution in [1.82, 2.24) is 9.78 Å². The fourth-order valence-corrected chi connectivity index (χ4v) is 3.35. The van der Waals surface area contributed by atoms with Gasteiger partial charge in [0.05, 0.1) is 30.3 Å². The summed E-state index contributed by atoms with van der Waals surface area (Å²) in [7, 11) is 1.65. The van der Waals surface area contributed by atoms with E-state index in [0.717, 1.165) is 29.1 Å². The van der Waals surface area contributed by atoms with Crippen molar-refractivity contribution in [3.05, 3.63) is 77.6 Å². The van der Waals surface area contributed by atoms with E-state index in [-0.39, 0.29) is 11.7 Å². The molecule has 0 bridgehead atoms. The lowest BCUT2D eigenvalue weighted by atomic mass is 9.82. The molecular formula is C20H18N2O2. The lowest BCUT2D eigenvalue weighted by Crippen LogP contribution is -2.20. The number of carbonyl (C=O) groups excluding carboxylic acids is 1. The monoisotopic (exact) mass is 318 g/mol. The predicted octanol–water partition coefficient (Wildman–Crippen LogP) is 3.79. The maximum absolute atomic E-state index is 12.5. The van der Waals surface area contributed by atoms with Crippen LogP contribution in [0.4, 0.5) is 0 Å². The van der Waals surface area contributed by atoms with Crippen LogP contribution < -0.4 is 4.74 Å². The molecule has 1 heterocycles. The molecule has 0 amide bonds. The Morgan fingerprint density at radius 3 is 2.50 bits per heavy atom. The van der Waals surface area contributed by atoms with Crippen molar-refractivity contribution >= 4 is 5.78 Å². The van der Waals surface area contributed by atoms with Gasteiger partial charge in [-0.3, -0.25) is 4.79 Å². The molecule has 1 aliphatic rings. The zero-order valence-corrected chi connectivity index (χ0v) is 13.5. The predicted molar refractivity (Wildman–Crippen MR) is 92.0 cm³/mol. The van der Waals surface area contributed by atoms with Crippen LogP contribution in [0.2, 0.25) is 0 Å². The third kappa shape index (κ3) is 2.50. The number of ketones is 1. The number of aromatic nitrogens is 2. The van der Waals surface area contributed by atoms with E-state index in [1.54, 1.807) is 13.3 Å². The van der Waals surface area contributed by atoms with Crippen LogP contribution in [0.25, 0.3) is 5.69 Å². The quantitative estimate of drug-likeness (QED) is 0.738. The Bertz CT molecular complexity index is 866. The second kappa shape index (κ2) is 5.96. The molecule has 0 aliphatic heterocycles. The molecule has 24 heavy (non-hydrogen) atoms. The highest BCUT2D eigenvalue weighted by molar-refractivity contribution is 5.98. The molecule has 0 N–H and O–H groups in total. The van der Waals surface area contributed by atoms with Crippen molar-refractivity contribution in [3.63, 3.8) is 0 Å². The van der Waals surface area contributed by atoms with Crippen molar-refractivity contribution in [2.75, 3.05) is 7.11 Å². The van der Waals surface area contributed by atoms with E-state index in [0.29, 0.717) is 6.42 Å². The van der Waals surface area contributed by atoms with Crippen LogP contribution in [0.1, 0.15) is 34.0 Å². The molecule has 0 fully saturated rings. The van der Waals surface area contributed by atoms with Crippen LogP contribution in [0.3, 0.4) is 0 Å². The normalized spacial score (nSPS) is 16.7. The first-order valence-corrected chi connectivity index (χ1v) is 8.05. The average Bonchev–Trinajstić information content (AvgIpc) is 3.07. The first-order chi connectivity index (χ1) is 11.8. The highest BCUT2D eigenvalue weighted by Gasteiger charge is 2.29. The van der Waals surface area contributed by atoms with Gasteiger partial charge in [-0.2, -0.15) is 5.10 Å². The Kier molecular flexibility index (Phi) is 3.65. The number of carbonyl (C=O) groups is 1. The molecular weight excluding hydrogens is 300 g/mol. The van der Waals surface area contributed by atoms with E-state index in [9.17, 15) is 4.79 Å². The number of Topliss-reactive ketones (excluding diaryl/α,β-unsaturated/α-hetero) is 1. The Morgan fingerprint density at radius 1 is 1.04 bits per heavy atom. The minimum absolute atomic E-state index is 0.171. The van der Waals surface area contributed by atoms with Gasteiger partial charge in [-0.1, -0.05) is 30.3 Å². The molecule has 0 radical (unpaired) electrons. The van der Waals surface area contributed by atoms with Gasteiger partial charge in [-0.05, 0) is 42.2 Å².